The molecule has 1 atom stereocenters. The fourth-order valence-corrected chi connectivity index (χ4v) is 4.52. The molecule has 1 aromatic heterocycles. The number of hydrogen-bond donors (Lipinski definition) is 1. The Balaban J connectivity index is 1.12. The van der Waals surface area contributed by atoms with E-state index in [1.807, 2.05) is 24.3 Å². The molecular weight excluding hydrogens is 460 g/mol. The van der Waals surface area contributed by atoms with Crippen LogP contribution in [0.3, 0.4) is 0 Å². The number of nitrogens with one attached hydrogen (secondary N) is 1. The number of hydrogen-bond acceptors (Lipinski definition) is 6. The molecule has 3 amide bonds. The van der Waals surface area contributed by atoms with E-state index in [0.29, 0.717) is 40.5 Å². The predicted octanol–water partition coefficient (Wildman–Crippen LogP) is 5.25. The molecule has 180 valence electrons. The monoisotopic (exact) mass is 482 g/mol. The zero-order chi connectivity index (χ0) is 24.6. The number of imide groups is 1. The third-order valence-electron chi connectivity index (χ3n) is 6.35. The van der Waals surface area contributed by atoms with Crippen LogP contribution in [-0.2, 0) is 4.74 Å². The van der Waals surface area contributed by atoms with Gasteiger partial charge in [0.15, 0.2) is 5.76 Å². The van der Waals surface area contributed by atoms with Crippen LogP contribution >= 0.6 is 0 Å². The second kappa shape index (κ2) is 8.98. The molecule has 1 saturated heterocycles. The lowest BCUT2D eigenvalue weighted by Crippen LogP contribution is -2.36. The van der Waals surface area contributed by atoms with Gasteiger partial charge in [0.2, 0.25) is 0 Å². The van der Waals surface area contributed by atoms with Crippen molar-refractivity contribution in [2.75, 3.05) is 18.5 Å². The van der Waals surface area contributed by atoms with Gasteiger partial charge in [-0.15, -0.1) is 0 Å². The van der Waals surface area contributed by atoms with Crippen LogP contribution < -0.4 is 10.1 Å². The Hall–Kier alpha value is -4.43. The fraction of sp³-hybridized carbons (Fsp3) is 0.179. The molecule has 2 aliphatic rings. The van der Waals surface area contributed by atoms with Crippen molar-refractivity contribution in [3.05, 3.63) is 89.7 Å². The van der Waals surface area contributed by atoms with E-state index >= 15 is 0 Å². The Morgan fingerprint density at radius 1 is 0.944 bits per heavy atom. The summed E-state index contributed by atoms with van der Waals surface area (Å²) in [5.41, 5.74) is 1.92. The maximum absolute atomic E-state index is 12.9. The van der Waals surface area contributed by atoms with Crippen molar-refractivity contribution in [2.45, 2.75) is 18.9 Å². The standard InChI is InChI=1S/C28H22N2O6/c31-26(25-14-17-4-1-2-6-24(17)36-25)29-18-7-9-19(10-8-18)35-20-11-12-22-23(15-20)28(33)30(27(22)32)16-21-5-3-13-34-21/h1-2,4,6-12,14-15,21H,3,5,13,16H2,(H,29,31). The van der Waals surface area contributed by atoms with E-state index in [0.717, 1.165) is 18.2 Å². The van der Waals surface area contributed by atoms with Crippen LogP contribution in [0.2, 0.25) is 0 Å². The molecule has 6 rings (SSSR count). The van der Waals surface area contributed by atoms with Crippen LogP contribution in [0.5, 0.6) is 11.5 Å². The van der Waals surface area contributed by atoms with Gasteiger partial charge in [0, 0.05) is 17.7 Å². The second-order valence-electron chi connectivity index (χ2n) is 8.79. The van der Waals surface area contributed by atoms with Gasteiger partial charge in [-0.3, -0.25) is 19.3 Å². The lowest BCUT2D eigenvalue weighted by atomic mass is 10.1. The highest BCUT2D eigenvalue weighted by Gasteiger charge is 2.37. The number of ether oxygens (including phenoxy) is 2. The van der Waals surface area contributed by atoms with Crippen molar-refractivity contribution in [3.8, 4) is 11.5 Å². The molecule has 4 aromatic rings. The smallest absolute Gasteiger partial charge is 0.291 e. The molecule has 1 fully saturated rings. The maximum Gasteiger partial charge on any atom is 0.291 e. The average molecular weight is 482 g/mol. The number of para-hydroxylation sites is 1. The van der Waals surface area contributed by atoms with E-state index in [-0.39, 0.29) is 36.1 Å². The summed E-state index contributed by atoms with van der Waals surface area (Å²) in [6.07, 6.45) is 1.68. The predicted molar refractivity (Wildman–Crippen MR) is 131 cm³/mol. The van der Waals surface area contributed by atoms with Crippen LogP contribution in [0.1, 0.15) is 44.1 Å². The third kappa shape index (κ3) is 4.12. The number of amides is 3. The van der Waals surface area contributed by atoms with E-state index in [9.17, 15) is 14.4 Å². The molecular formula is C28H22N2O6. The summed E-state index contributed by atoms with van der Waals surface area (Å²) in [6.45, 7) is 0.929. The molecule has 1 N–H and O–H groups in total. The minimum Gasteiger partial charge on any atom is -0.457 e. The van der Waals surface area contributed by atoms with Gasteiger partial charge >= 0.3 is 0 Å². The highest BCUT2D eigenvalue weighted by Crippen LogP contribution is 2.31. The van der Waals surface area contributed by atoms with Gasteiger partial charge < -0.3 is 19.2 Å². The lowest BCUT2D eigenvalue weighted by molar-refractivity contribution is 0.0475. The number of benzene rings is 3. The zero-order valence-electron chi connectivity index (χ0n) is 19.2. The minimum absolute atomic E-state index is 0.103. The summed E-state index contributed by atoms with van der Waals surface area (Å²) in [4.78, 5) is 39.4. The highest BCUT2D eigenvalue weighted by atomic mass is 16.5. The normalized spacial score (nSPS) is 17.0. The summed E-state index contributed by atoms with van der Waals surface area (Å²) < 4.78 is 17.1. The first-order valence-electron chi connectivity index (χ1n) is 11.7. The molecule has 0 radical (unpaired) electrons. The van der Waals surface area contributed by atoms with Crippen LogP contribution in [0, 0.1) is 0 Å². The second-order valence-corrected chi connectivity index (χ2v) is 8.79. The van der Waals surface area contributed by atoms with Gasteiger partial charge in [0.25, 0.3) is 17.7 Å². The minimum atomic E-state index is -0.353. The quantitative estimate of drug-likeness (QED) is 0.377. The molecule has 8 heteroatoms. The molecule has 0 aliphatic carbocycles. The number of rotatable bonds is 6. The number of carbonyl (C=O) groups is 3. The van der Waals surface area contributed by atoms with Crippen LogP contribution in [0.15, 0.2) is 77.2 Å². The Kier molecular flexibility index (Phi) is 5.50. The third-order valence-corrected chi connectivity index (χ3v) is 6.35. The fourth-order valence-electron chi connectivity index (χ4n) is 4.52. The lowest BCUT2D eigenvalue weighted by Gasteiger charge is -2.17. The zero-order valence-corrected chi connectivity index (χ0v) is 19.2. The number of fused-ring (bicyclic) bond motifs is 2. The molecule has 3 heterocycles. The van der Waals surface area contributed by atoms with Gasteiger partial charge in [-0.25, -0.2) is 0 Å². The molecule has 3 aromatic carbocycles. The number of nitrogens with zero attached hydrogens (tertiary/aromatic N) is 1. The van der Waals surface area contributed by atoms with E-state index in [1.165, 1.54) is 4.90 Å². The summed E-state index contributed by atoms with van der Waals surface area (Å²) in [7, 11) is 0. The summed E-state index contributed by atoms with van der Waals surface area (Å²) in [6, 6.07) is 20.8. The van der Waals surface area contributed by atoms with Crippen LogP contribution in [0.25, 0.3) is 11.0 Å². The van der Waals surface area contributed by atoms with E-state index in [1.54, 1.807) is 48.5 Å². The first-order valence-corrected chi connectivity index (χ1v) is 11.7. The van der Waals surface area contributed by atoms with E-state index in [4.69, 9.17) is 13.9 Å². The molecule has 1 unspecified atom stereocenters. The highest BCUT2D eigenvalue weighted by molar-refractivity contribution is 6.21. The molecule has 0 bridgehead atoms. The van der Waals surface area contributed by atoms with Crippen molar-refractivity contribution < 1.29 is 28.3 Å². The largest absolute Gasteiger partial charge is 0.457 e. The average Bonchev–Trinajstić information content (AvgIpc) is 3.62. The first-order chi connectivity index (χ1) is 17.5. The van der Waals surface area contributed by atoms with Crippen molar-refractivity contribution in [1.82, 2.24) is 4.90 Å². The number of anilines is 1. The SMILES string of the molecule is O=C(Nc1ccc(Oc2ccc3c(c2)C(=O)N(CC2CCCO2)C3=O)cc1)c1cc2ccccc2o1. The maximum atomic E-state index is 12.9. The van der Waals surface area contributed by atoms with Gasteiger partial charge in [0.1, 0.15) is 17.1 Å². The number of carbonyl (C=O) groups excluding carboxylic acids is 3. The van der Waals surface area contributed by atoms with Crippen molar-refractivity contribution in [3.63, 3.8) is 0 Å². The van der Waals surface area contributed by atoms with Gasteiger partial charge in [-0.05, 0) is 67.4 Å². The molecule has 2 aliphatic heterocycles. The van der Waals surface area contributed by atoms with Crippen LogP contribution in [0.4, 0.5) is 5.69 Å². The molecule has 36 heavy (non-hydrogen) atoms. The van der Waals surface area contributed by atoms with Crippen molar-refractivity contribution in [2.24, 2.45) is 0 Å². The van der Waals surface area contributed by atoms with Crippen molar-refractivity contribution in [1.29, 1.82) is 0 Å². The van der Waals surface area contributed by atoms with Gasteiger partial charge in [0.05, 0.1) is 23.8 Å². The summed E-state index contributed by atoms with van der Waals surface area (Å²) in [5.74, 6) is 0.190. The number of furan rings is 1. The topological polar surface area (TPSA) is 98.1 Å². The van der Waals surface area contributed by atoms with Crippen LogP contribution in [-0.4, -0.2) is 41.9 Å². The van der Waals surface area contributed by atoms with E-state index in [2.05, 4.69) is 5.32 Å². The molecule has 8 nitrogen and oxygen atoms in total. The van der Waals surface area contributed by atoms with Gasteiger partial charge in [-0.2, -0.15) is 0 Å². The molecule has 0 spiro atoms. The Morgan fingerprint density at radius 2 is 1.72 bits per heavy atom. The molecule has 0 saturated carbocycles. The van der Waals surface area contributed by atoms with Crippen molar-refractivity contribution >= 4 is 34.4 Å². The Labute approximate surface area is 206 Å². The summed E-state index contributed by atoms with van der Waals surface area (Å²) in [5, 5.41) is 3.66. The van der Waals surface area contributed by atoms with E-state index < -0.39 is 0 Å². The Bertz CT molecular complexity index is 1450. The first kappa shape index (κ1) is 22.1. The Morgan fingerprint density at radius 3 is 2.50 bits per heavy atom. The van der Waals surface area contributed by atoms with Gasteiger partial charge in [-0.1, -0.05) is 18.2 Å². The summed E-state index contributed by atoms with van der Waals surface area (Å²) >= 11 is 0.